The van der Waals surface area contributed by atoms with Crippen molar-refractivity contribution in [1.29, 1.82) is 0 Å². The SMILES string of the molecule is Cc1ccc(CNC(=O)c2ccccc2NC(=O)CNc2ccc(CC(=O)NC(C)C)cc2)cc1. The van der Waals surface area contributed by atoms with Gasteiger partial charge in [0.05, 0.1) is 24.2 Å². The molecule has 0 heterocycles. The van der Waals surface area contributed by atoms with Gasteiger partial charge in [0, 0.05) is 18.3 Å². The first-order chi connectivity index (χ1) is 16.8. The lowest BCUT2D eigenvalue weighted by Gasteiger charge is -2.13. The van der Waals surface area contributed by atoms with Crippen molar-refractivity contribution in [3.05, 3.63) is 95.1 Å². The Bertz CT molecular complexity index is 1160. The summed E-state index contributed by atoms with van der Waals surface area (Å²) in [5.41, 5.74) is 4.66. The van der Waals surface area contributed by atoms with E-state index in [9.17, 15) is 14.4 Å². The average molecular weight is 473 g/mol. The first-order valence-electron chi connectivity index (χ1n) is 11.6. The number of hydrogen-bond acceptors (Lipinski definition) is 4. The minimum atomic E-state index is -0.274. The smallest absolute Gasteiger partial charge is 0.253 e. The molecule has 0 aliphatic heterocycles. The van der Waals surface area contributed by atoms with Crippen molar-refractivity contribution >= 4 is 29.1 Å². The van der Waals surface area contributed by atoms with Gasteiger partial charge in [-0.25, -0.2) is 0 Å². The van der Waals surface area contributed by atoms with Crippen LogP contribution in [-0.4, -0.2) is 30.3 Å². The van der Waals surface area contributed by atoms with E-state index >= 15 is 0 Å². The molecule has 0 atom stereocenters. The Kier molecular flexibility index (Phi) is 9.01. The molecule has 0 aromatic heterocycles. The van der Waals surface area contributed by atoms with E-state index in [4.69, 9.17) is 0 Å². The van der Waals surface area contributed by atoms with Gasteiger partial charge in [-0.05, 0) is 56.2 Å². The van der Waals surface area contributed by atoms with E-state index < -0.39 is 0 Å². The third-order valence-electron chi connectivity index (χ3n) is 5.24. The van der Waals surface area contributed by atoms with Crippen molar-refractivity contribution < 1.29 is 14.4 Å². The van der Waals surface area contributed by atoms with Gasteiger partial charge in [-0.3, -0.25) is 14.4 Å². The molecule has 7 nitrogen and oxygen atoms in total. The molecule has 0 aliphatic rings. The fourth-order valence-corrected chi connectivity index (χ4v) is 3.45. The quantitative estimate of drug-likeness (QED) is 0.358. The second-order valence-corrected chi connectivity index (χ2v) is 8.71. The minimum Gasteiger partial charge on any atom is -0.376 e. The Morgan fingerprint density at radius 2 is 1.46 bits per heavy atom. The van der Waals surface area contributed by atoms with E-state index in [1.807, 2.05) is 69.3 Å². The molecule has 3 aromatic rings. The molecule has 3 rings (SSSR count). The summed E-state index contributed by atoms with van der Waals surface area (Å²) in [4.78, 5) is 37.1. The number of rotatable bonds is 10. The molecular weight excluding hydrogens is 440 g/mol. The first-order valence-corrected chi connectivity index (χ1v) is 11.6. The van der Waals surface area contributed by atoms with Crippen LogP contribution in [-0.2, 0) is 22.6 Å². The summed E-state index contributed by atoms with van der Waals surface area (Å²) < 4.78 is 0. The topological polar surface area (TPSA) is 99.3 Å². The Morgan fingerprint density at radius 1 is 0.800 bits per heavy atom. The highest BCUT2D eigenvalue weighted by Gasteiger charge is 2.13. The normalized spacial score (nSPS) is 10.5. The van der Waals surface area contributed by atoms with Gasteiger partial charge in [0.25, 0.3) is 5.91 Å². The van der Waals surface area contributed by atoms with Crippen LogP contribution in [0.2, 0.25) is 0 Å². The zero-order valence-electron chi connectivity index (χ0n) is 20.4. The first kappa shape index (κ1) is 25.5. The summed E-state index contributed by atoms with van der Waals surface area (Å²) in [6.45, 7) is 6.29. The maximum absolute atomic E-state index is 12.7. The third kappa shape index (κ3) is 8.30. The van der Waals surface area contributed by atoms with Gasteiger partial charge in [-0.1, -0.05) is 54.1 Å². The predicted octanol–water partition coefficient (Wildman–Crippen LogP) is 4.04. The third-order valence-corrected chi connectivity index (χ3v) is 5.24. The highest BCUT2D eigenvalue weighted by molar-refractivity contribution is 6.04. The van der Waals surface area contributed by atoms with Crippen molar-refractivity contribution in [2.45, 2.75) is 39.8 Å². The molecule has 0 bridgehead atoms. The van der Waals surface area contributed by atoms with Gasteiger partial charge in [0.2, 0.25) is 11.8 Å². The van der Waals surface area contributed by atoms with Crippen LogP contribution in [0.1, 0.15) is 40.9 Å². The van der Waals surface area contributed by atoms with E-state index in [0.29, 0.717) is 24.2 Å². The fourth-order valence-electron chi connectivity index (χ4n) is 3.45. The number of carbonyl (C=O) groups excluding carboxylic acids is 3. The molecule has 3 amide bonds. The van der Waals surface area contributed by atoms with Crippen LogP contribution in [0.3, 0.4) is 0 Å². The van der Waals surface area contributed by atoms with Gasteiger partial charge >= 0.3 is 0 Å². The zero-order valence-corrected chi connectivity index (χ0v) is 20.4. The fraction of sp³-hybridized carbons (Fsp3) is 0.250. The molecule has 0 fully saturated rings. The second kappa shape index (κ2) is 12.4. The lowest BCUT2D eigenvalue weighted by molar-refractivity contribution is -0.121. The maximum Gasteiger partial charge on any atom is 0.253 e. The van der Waals surface area contributed by atoms with E-state index in [1.54, 1.807) is 24.3 Å². The molecule has 4 N–H and O–H groups in total. The number of amides is 3. The summed E-state index contributed by atoms with van der Waals surface area (Å²) in [6.07, 6.45) is 0.307. The highest BCUT2D eigenvalue weighted by Crippen LogP contribution is 2.16. The molecule has 0 radical (unpaired) electrons. The van der Waals surface area contributed by atoms with Crippen LogP contribution in [0.25, 0.3) is 0 Å². The molecule has 35 heavy (non-hydrogen) atoms. The van der Waals surface area contributed by atoms with Gasteiger partial charge in [-0.2, -0.15) is 0 Å². The number of hydrogen-bond donors (Lipinski definition) is 4. The molecule has 3 aromatic carbocycles. The molecule has 0 saturated carbocycles. The highest BCUT2D eigenvalue weighted by atomic mass is 16.2. The summed E-state index contributed by atoms with van der Waals surface area (Å²) in [5.74, 6) is -0.558. The van der Waals surface area contributed by atoms with Crippen LogP contribution in [0, 0.1) is 6.92 Å². The summed E-state index contributed by atoms with van der Waals surface area (Å²) in [6, 6.07) is 22.3. The van der Waals surface area contributed by atoms with Gasteiger partial charge < -0.3 is 21.3 Å². The molecule has 182 valence electrons. The Morgan fingerprint density at radius 3 is 2.14 bits per heavy atom. The lowest BCUT2D eigenvalue weighted by atomic mass is 10.1. The van der Waals surface area contributed by atoms with Crippen molar-refractivity contribution in [3.8, 4) is 0 Å². The van der Waals surface area contributed by atoms with E-state index in [0.717, 1.165) is 22.4 Å². The van der Waals surface area contributed by atoms with Crippen LogP contribution in [0.5, 0.6) is 0 Å². The van der Waals surface area contributed by atoms with Gasteiger partial charge in [-0.15, -0.1) is 0 Å². The number of aryl methyl sites for hydroxylation is 1. The summed E-state index contributed by atoms with van der Waals surface area (Å²) >= 11 is 0. The molecule has 7 heteroatoms. The standard InChI is InChI=1S/C28H32N4O3/c1-19(2)31-26(33)16-21-12-14-23(15-13-21)29-18-27(34)32-25-7-5-4-6-24(25)28(35)30-17-22-10-8-20(3)9-11-22/h4-15,19,29H,16-18H2,1-3H3,(H,30,35)(H,31,33)(H,32,34). The van der Waals surface area contributed by atoms with Crippen molar-refractivity contribution in [2.75, 3.05) is 17.2 Å². The lowest BCUT2D eigenvalue weighted by Crippen LogP contribution is -2.31. The van der Waals surface area contributed by atoms with Gasteiger partial charge in [0.1, 0.15) is 0 Å². The monoisotopic (exact) mass is 472 g/mol. The van der Waals surface area contributed by atoms with E-state index in [-0.39, 0.29) is 30.3 Å². The van der Waals surface area contributed by atoms with Crippen LogP contribution in [0.15, 0.2) is 72.8 Å². The number of carbonyl (C=O) groups is 3. The average Bonchev–Trinajstić information content (AvgIpc) is 2.83. The summed E-state index contributed by atoms with van der Waals surface area (Å²) in [7, 11) is 0. The molecular formula is C28H32N4O3. The molecule has 0 spiro atoms. The van der Waals surface area contributed by atoms with Crippen LogP contribution >= 0.6 is 0 Å². The zero-order chi connectivity index (χ0) is 25.2. The van der Waals surface area contributed by atoms with Gasteiger partial charge in [0.15, 0.2) is 0 Å². The molecule has 0 unspecified atom stereocenters. The van der Waals surface area contributed by atoms with E-state index in [1.165, 1.54) is 0 Å². The minimum absolute atomic E-state index is 0.0262. The second-order valence-electron chi connectivity index (χ2n) is 8.71. The van der Waals surface area contributed by atoms with Crippen molar-refractivity contribution in [3.63, 3.8) is 0 Å². The number of anilines is 2. The van der Waals surface area contributed by atoms with Crippen molar-refractivity contribution in [1.82, 2.24) is 10.6 Å². The predicted molar refractivity (Wildman–Crippen MR) is 139 cm³/mol. The van der Waals surface area contributed by atoms with E-state index in [2.05, 4.69) is 21.3 Å². The molecule has 0 aliphatic carbocycles. The number of benzene rings is 3. The van der Waals surface area contributed by atoms with Crippen LogP contribution in [0.4, 0.5) is 11.4 Å². The Labute approximate surface area is 206 Å². The largest absolute Gasteiger partial charge is 0.376 e. The number of para-hydroxylation sites is 1. The maximum atomic E-state index is 12.7. The van der Waals surface area contributed by atoms with Crippen LogP contribution < -0.4 is 21.3 Å². The molecule has 0 saturated heterocycles. The Balaban J connectivity index is 1.51. The number of nitrogens with one attached hydrogen (secondary N) is 4. The Hall–Kier alpha value is -4.13. The summed E-state index contributed by atoms with van der Waals surface area (Å²) in [5, 5.41) is 11.6. The van der Waals surface area contributed by atoms with Crippen molar-refractivity contribution in [2.24, 2.45) is 0 Å².